The van der Waals surface area contributed by atoms with E-state index >= 15 is 0 Å². The molecule has 0 saturated heterocycles. The Balaban J connectivity index is 2.98. The molecule has 47 valence electrons. The summed E-state index contributed by atoms with van der Waals surface area (Å²) in [5, 5.41) is 0. The third-order valence-electron chi connectivity index (χ3n) is 0.727. The van der Waals surface area contributed by atoms with Gasteiger partial charge in [0, 0.05) is 0 Å². The van der Waals surface area contributed by atoms with Gasteiger partial charge in [-0.2, -0.15) is 0 Å². The number of hydrogen-bond donors (Lipinski definition) is 1. The molecule has 1 aromatic rings. The van der Waals surface area contributed by atoms with Crippen molar-refractivity contribution in [2.45, 2.75) is 4.34 Å². The number of amides is 1. The smallest absolute Gasteiger partial charge is 0.260 e. The Morgan fingerprint density at radius 3 is 2.78 bits per heavy atom. The summed E-state index contributed by atoms with van der Waals surface area (Å²) in [6.45, 7) is 0. The Hall–Kier alpha value is -0.680. The minimum atomic E-state index is -0.469. The standard InChI is InChI=1S/C4H3N2OS2/c5-3(7)2-1-6-4(8)9-2/h1H,(H2,5,7). The van der Waals surface area contributed by atoms with E-state index in [1.54, 1.807) is 0 Å². The minimum Gasteiger partial charge on any atom is -0.365 e. The highest BCUT2D eigenvalue weighted by molar-refractivity contribution is 7.82. The van der Waals surface area contributed by atoms with Crippen molar-refractivity contribution in [1.29, 1.82) is 0 Å². The van der Waals surface area contributed by atoms with Crippen molar-refractivity contribution in [3.63, 3.8) is 0 Å². The largest absolute Gasteiger partial charge is 0.365 e. The van der Waals surface area contributed by atoms with Crippen LogP contribution in [-0.2, 0) is 0 Å². The maximum absolute atomic E-state index is 10.4. The Kier molecular flexibility index (Phi) is 1.63. The molecule has 2 N–H and O–H groups in total. The zero-order chi connectivity index (χ0) is 6.85. The third kappa shape index (κ3) is 1.36. The van der Waals surface area contributed by atoms with Crippen molar-refractivity contribution in [1.82, 2.24) is 4.98 Å². The van der Waals surface area contributed by atoms with E-state index in [1.165, 1.54) is 6.20 Å². The molecule has 0 fully saturated rings. The Bertz CT molecular complexity index is 232. The van der Waals surface area contributed by atoms with Gasteiger partial charge >= 0.3 is 0 Å². The van der Waals surface area contributed by atoms with E-state index in [0.29, 0.717) is 9.22 Å². The Morgan fingerprint density at radius 2 is 2.56 bits per heavy atom. The van der Waals surface area contributed by atoms with Gasteiger partial charge in [-0.05, 0) is 12.6 Å². The first-order chi connectivity index (χ1) is 4.20. The lowest BCUT2D eigenvalue weighted by Crippen LogP contribution is -2.08. The molecule has 1 amide bonds. The second kappa shape index (κ2) is 2.28. The average Bonchev–Trinajstić information content (AvgIpc) is 2.14. The van der Waals surface area contributed by atoms with Gasteiger partial charge in [-0.25, -0.2) is 4.98 Å². The molecule has 0 saturated carbocycles. The molecule has 0 atom stereocenters. The number of rotatable bonds is 1. The van der Waals surface area contributed by atoms with Crippen LogP contribution < -0.4 is 5.73 Å². The zero-order valence-electron chi connectivity index (χ0n) is 4.33. The SMILES string of the molecule is NC(=O)c1cnc([S])s1. The normalized spacial score (nSPS) is 9.33. The fraction of sp³-hybridized carbons (Fsp3) is 0. The second-order valence-electron chi connectivity index (χ2n) is 1.35. The van der Waals surface area contributed by atoms with E-state index in [2.05, 4.69) is 17.6 Å². The second-order valence-corrected chi connectivity index (χ2v) is 3.03. The molecular weight excluding hydrogens is 156 g/mol. The molecule has 0 aliphatic rings. The monoisotopic (exact) mass is 159 g/mol. The summed E-state index contributed by atoms with van der Waals surface area (Å²) >= 11 is 5.78. The number of primary amides is 1. The molecule has 0 bridgehead atoms. The minimum absolute atomic E-state index is 0.417. The summed E-state index contributed by atoms with van der Waals surface area (Å²) in [5.41, 5.74) is 4.91. The molecule has 1 heterocycles. The summed E-state index contributed by atoms with van der Waals surface area (Å²) in [5.74, 6) is -0.469. The molecule has 1 rings (SSSR count). The van der Waals surface area contributed by atoms with Gasteiger partial charge in [0.05, 0.1) is 6.20 Å². The predicted octanol–water partition coefficient (Wildman–Crippen LogP) is 0.798. The first kappa shape index (κ1) is 6.44. The molecule has 1 aromatic heterocycles. The van der Waals surface area contributed by atoms with Gasteiger partial charge in [0.25, 0.3) is 5.91 Å². The van der Waals surface area contributed by atoms with Crippen molar-refractivity contribution >= 4 is 29.9 Å². The van der Waals surface area contributed by atoms with Crippen molar-refractivity contribution < 1.29 is 4.79 Å². The molecule has 0 unspecified atom stereocenters. The van der Waals surface area contributed by atoms with Gasteiger partial charge in [0.2, 0.25) is 0 Å². The Labute approximate surface area is 61.3 Å². The van der Waals surface area contributed by atoms with Gasteiger partial charge in [-0.3, -0.25) is 4.79 Å². The van der Waals surface area contributed by atoms with Crippen LogP contribution in [0.3, 0.4) is 0 Å². The first-order valence-corrected chi connectivity index (χ1v) is 3.35. The highest BCUT2D eigenvalue weighted by Gasteiger charge is 2.03. The lowest BCUT2D eigenvalue weighted by atomic mass is 10.5. The lowest BCUT2D eigenvalue weighted by Gasteiger charge is -1.79. The predicted molar refractivity (Wildman–Crippen MR) is 36.5 cm³/mol. The summed E-state index contributed by atoms with van der Waals surface area (Å²) in [4.78, 5) is 14.4. The van der Waals surface area contributed by atoms with Crippen LogP contribution in [0.2, 0.25) is 0 Å². The Morgan fingerprint density at radius 1 is 1.89 bits per heavy atom. The van der Waals surface area contributed by atoms with Crippen LogP contribution in [0.4, 0.5) is 0 Å². The summed E-state index contributed by atoms with van der Waals surface area (Å²) in [7, 11) is 0. The fourth-order valence-corrected chi connectivity index (χ4v) is 1.19. The van der Waals surface area contributed by atoms with E-state index in [1.807, 2.05) is 0 Å². The van der Waals surface area contributed by atoms with Crippen LogP contribution in [0, 0.1) is 0 Å². The molecule has 5 heteroatoms. The van der Waals surface area contributed by atoms with Gasteiger partial charge < -0.3 is 5.73 Å². The first-order valence-electron chi connectivity index (χ1n) is 2.13. The number of carbonyl (C=O) groups is 1. The maximum atomic E-state index is 10.4. The van der Waals surface area contributed by atoms with E-state index in [0.717, 1.165) is 11.3 Å². The molecule has 0 aliphatic carbocycles. The third-order valence-corrected chi connectivity index (χ3v) is 1.89. The van der Waals surface area contributed by atoms with Crippen LogP contribution in [-0.4, -0.2) is 10.9 Å². The number of thiazole rings is 1. The van der Waals surface area contributed by atoms with Crippen molar-refractivity contribution in [2.24, 2.45) is 5.73 Å². The summed E-state index contributed by atoms with van der Waals surface area (Å²) in [6.07, 6.45) is 1.38. The maximum Gasteiger partial charge on any atom is 0.260 e. The van der Waals surface area contributed by atoms with Gasteiger partial charge in [0.15, 0.2) is 4.34 Å². The highest BCUT2D eigenvalue weighted by atomic mass is 32.2. The van der Waals surface area contributed by atoms with Crippen molar-refractivity contribution in [2.75, 3.05) is 0 Å². The van der Waals surface area contributed by atoms with Crippen LogP contribution in [0.5, 0.6) is 0 Å². The molecule has 3 nitrogen and oxygen atoms in total. The van der Waals surface area contributed by atoms with E-state index in [-0.39, 0.29) is 0 Å². The molecule has 0 aliphatic heterocycles. The number of nitrogens with zero attached hydrogens (tertiary/aromatic N) is 1. The molecule has 9 heavy (non-hydrogen) atoms. The molecular formula is C4H3N2OS2. The number of carbonyl (C=O) groups excluding carboxylic acids is 1. The van der Waals surface area contributed by atoms with Gasteiger partial charge in [0.1, 0.15) is 4.88 Å². The number of nitrogens with two attached hydrogens (primary N) is 1. The quantitative estimate of drug-likeness (QED) is 0.658. The van der Waals surface area contributed by atoms with E-state index < -0.39 is 5.91 Å². The van der Waals surface area contributed by atoms with E-state index in [4.69, 9.17) is 5.73 Å². The zero-order valence-corrected chi connectivity index (χ0v) is 5.96. The topological polar surface area (TPSA) is 56.0 Å². The van der Waals surface area contributed by atoms with Crippen LogP contribution >= 0.6 is 24.0 Å². The lowest BCUT2D eigenvalue weighted by molar-refractivity contribution is 0.100. The van der Waals surface area contributed by atoms with Gasteiger partial charge in [-0.15, -0.1) is 0 Å². The van der Waals surface area contributed by atoms with Crippen molar-refractivity contribution in [3.05, 3.63) is 11.1 Å². The highest BCUT2D eigenvalue weighted by Crippen LogP contribution is 2.14. The number of aromatic nitrogens is 1. The molecule has 0 aromatic carbocycles. The fourth-order valence-electron chi connectivity index (χ4n) is 0.372. The van der Waals surface area contributed by atoms with Crippen LogP contribution in [0.25, 0.3) is 0 Å². The molecule has 0 spiro atoms. The van der Waals surface area contributed by atoms with Crippen LogP contribution in [0.15, 0.2) is 10.5 Å². The average molecular weight is 159 g/mol. The molecule has 1 radical (unpaired) electrons. The van der Waals surface area contributed by atoms with E-state index in [9.17, 15) is 4.79 Å². The van der Waals surface area contributed by atoms with Crippen LogP contribution in [0.1, 0.15) is 9.67 Å². The number of hydrogen-bond acceptors (Lipinski definition) is 3. The summed E-state index contributed by atoms with van der Waals surface area (Å²) < 4.78 is 0.448. The van der Waals surface area contributed by atoms with Gasteiger partial charge in [-0.1, -0.05) is 11.3 Å². The summed E-state index contributed by atoms with van der Waals surface area (Å²) in [6, 6.07) is 0. The van der Waals surface area contributed by atoms with Crippen molar-refractivity contribution in [3.8, 4) is 0 Å².